The number of carbonyl (C=O) groups excluding carboxylic acids is 3. The minimum Gasteiger partial charge on any atom is -0.494 e. The summed E-state index contributed by atoms with van der Waals surface area (Å²) in [6, 6.07) is 12.5. The van der Waals surface area contributed by atoms with E-state index in [-0.39, 0.29) is 41.3 Å². The van der Waals surface area contributed by atoms with E-state index in [1.54, 1.807) is 37.4 Å². The van der Waals surface area contributed by atoms with Gasteiger partial charge in [0.2, 0.25) is 5.91 Å². The molecule has 15 nitrogen and oxygen atoms in total. The number of fused-ring (bicyclic) bond motifs is 1. The first-order chi connectivity index (χ1) is 27.2. The predicted octanol–water partition coefficient (Wildman–Crippen LogP) is 6.26. The fourth-order valence-electron chi connectivity index (χ4n) is 6.26. The number of halogens is 4. The second-order valence-corrected chi connectivity index (χ2v) is 15.5. The largest absolute Gasteiger partial charge is 0.494 e. The Hall–Kier alpha value is -6.18. The van der Waals surface area contributed by atoms with Crippen LogP contribution in [0, 0.1) is 11.7 Å². The zero-order valence-electron chi connectivity index (χ0n) is 31.8. The van der Waals surface area contributed by atoms with Crippen molar-refractivity contribution in [1.29, 1.82) is 0 Å². The van der Waals surface area contributed by atoms with Crippen molar-refractivity contribution in [2.45, 2.75) is 55.6 Å². The van der Waals surface area contributed by atoms with Crippen molar-refractivity contribution in [3.05, 3.63) is 83.8 Å². The number of nitrogens with one attached hydrogen (secondary N) is 2. The maximum Gasteiger partial charge on any atom is 0.490 e. The Morgan fingerprint density at radius 3 is 2.28 bits per heavy atom. The van der Waals surface area contributed by atoms with Gasteiger partial charge >= 0.3 is 24.2 Å². The van der Waals surface area contributed by atoms with Gasteiger partial charge in [0, 0.05) is 35.1 Å². The van der Waals surface area contributed by atoms with Crippen molar-refractivity contribution in [2.24, 2.45) is 5.92 Å². The minimum atomic E-state index is -5.08. The molecule has 20 heteroatoms. The molecule has 1 fully saturated rings. The highest BCUT2D eigenvalue weighted by Crippen LogP contribution is 2.44. The summed E-state index contributed by atoms with van der Waals surface area (Å²) in [4.78, 5) is 54.7. The first-order valence-electron chi connectivity index (χ1n) is 17.5. The Morgan fingerprint density at radius 2 is 1.67 bits per heavy atom. The van der Waals surface area contributed by atoms with E-state index in [0.717, 1.165) is 0 Å². The molecule has 1 aliphatic heterocycles. The summed E-state index contributed by atoms with van der Waals surface area (Å²) >= 11 is 0. The first-order valence-corrected chi connectivity index (χ1v) is 19.0. The third-order valence-corrected chi connectivity index (χ3v) is 11.3. The number of carboxylic acid groups (broad SMARTS) is 1. The van der Waals surface area contributed by atoms with E-state index in [9.17, 15) is 36.0 Å². The van der Waals surface area contributed by atoms with E-state index >= 15 is 4.39 Å². The molecule has 0 saturated carbocycles. The van der Waals surface area contributed by atoms with Crippen molar-refractivity contribution < 1.29 is 64.5 Å². The number of ether oxygens (including phenoxy) is 3. The van der Waals surface area contributed by atoms with Crippen LogP contribution in [0.1, 0.15) is 50.4 Å². The predicted molar refractivity (Wildman–Crippen MR) is 203 cm³/mol. The lowest BCUT2D eigenvalue weighted by molar-refractivity contribution is -0.192. The number of nitrogen functional groups attached to an aromatic ring is 1. The van der Waals surface area contributed by atoms with E-state index in [2.05, 4.69) is 15.6 Å². The number of carbonyl (C=O) groups is 4. The number of methoxy groups -OCH3 is 2. The van der Waals surface area contributed by atoms with E-state index in [0.29, 0.717) is 28.0 Å². The molecule has 0 aliphatic carbocycles. The quantitative estimate of drug-likeness (QED) is 0.0970. The monoisotopic (exact) mass is 835 g/mol. The molecular weight excluding hydrogens is 795 g/mol. The average Bonchev–Trinajstić information content (AvgIpc) is 3.62. The summed E-state index contributed by atoms with van der Waals surface area (Å²) in [5.74, 6) is -5.17. The number of anilines is 3. The fraction of sp³-hybridized carbons (Fsp3) is 0.342. The van der Waals surface area contributed by atoms with Crippen LogP contribution in [0.3, 0.4) is 0 Å². The maximum absolute atomic E-state index is 15.8. The average molecular weight is 836 g/mol. The molecular formula is C38H41F4N5O10S. The fourth-order valence-corrected chi connectivity index (χ4v) is 7.53. The summed E-state index contributed by atoms with van der Waals surface area (Å²) in [5, 5.41) is 13.3. The minimum absolute atomic E-state index is 0.00996. The van der Waals surface area contributed by atoms with Crippen LogP contribution < -0.4 is 21.1 Å². The van der Waals surface area contributed by atoms with Gasteiger partial charge in [-0.05, 0) is 98.8 Å². The highest BCUT2D eigenvalue weighted by atomic mass is 32.2. The molecule has 1 aromatic heterocycles. The first kappa shape index (κ1) is 44.5. The lowest BCUT2D eigenvalue weighted by atomic mass is 9.92. The summed E-state index contributed by atoms with van der Waals surface area (Å²) in [6.07, 6.45) is -4.25. The Bertz CT molecular complexity index is 2290. The molecule has 5 rings (SSSR count). The molecule has 5 N–H and O–H groups in total. The number of amides is 2. The second kappa shape index (κ2) is 18.4. The van der Waals surface area contributed by atoms with Crippen LogP contribution in [-0.4, -0.2) is 86.1 Å². The topological polar surface area (TPSA) is 217 Å². The molecule has 2 heterocycles. The summed E-state index contributed by atoms with van der Waals surface area (Å²) < 4.78 is 90.6. The van der Waals surface area contributed by atoms with Crippen LogP contribution in [0.4, 0.5) is 39.5 Å². The highest BCUT2D eigenvalue weighted by molar-refractivity contribution is 7.92. The molecule has 4 aromatic rings. The van der Waals surface area contributed by atoms with Gasteiger partial charge < -0.3 is 35.3 Å². The number of nitrogens with two attached hydrogens (primary N) is 1. The van der Waals surface area contributed by atoms with Crippen molar-refractivity contribution in [3.8, 4) is 5.75 Å². The number of nitrogens with zero attached hydrogens (tertiary/aromatic N) is 2. The third-order valence-electron chi connectivity index (χ3n) is 9.06. The van der Waals surface area contributed by atoms with Crippen LogP contribution in [0.2, 0.25) is 0 Å². The van der Waals surface area contributed by atoms with Gasteiger partial charge in [0.25, 0.3) is 0 Å². The summed E-state index contributed by atoms with van der Waals surface area (Å²) in [7, 11) is -1.63. The van der Waals surface area contributed by atoms with E-state index in [1.807, 2.05) is 0 Å². The van der Waals surface area contributed by atoms with Crippen molar-refractivity contribution in [3.63, 3.8) is 0 Å². The van der Waals surface area contributed by atoms with Gasteiger partial charge in [-0.15, -0.1) is 0 Å². The van der Waals surface area contributed by atoms with Gasteiger partial charge in [-0.2, -0.15) is 13.2 Å². The lowest BCUT2D eigenvalue weighted by Crippen LogP contribution is -2.40. The third kappa shape index (κ3) is 10.0. The molecule has 312 valence electrons. The number of aromatic nitrogens is 1. The Morgan fingerprint density at radius 1 is 1.00 bits per heavy atom. The number of benzene rings is 3. The van der Waals surface area contributed by atoms with Crippen molar-refractivity contribution >= 4 is 61.7 Å². The maximum atomic E-state index is 15.8. The van der Waals surface area contributed by atoms with Crippen molar-refractivity contribution in [2.75, 3.05) is 43.7 Å². The molecule has 0 spiro atoms. The number of carboxylic acids is 1. The molecule has 2 amide bonds. The second-order valence-electron chi connectivity index (χ2n) is 13.0. The normalized spacial score (nSPS) is 15.9. The number of esters is 1. The van der Waals surface area contributed by atoms with Gasteiger partial charge in [-0.1, -0.05) is 0 Å². The van der Waals surface area contributed by atoms with Crippen molar-refractivity contribution in [1.82, 2.24) is 9.88 Å². The summed E-state index contributed by atoms with van der Waals surface area (Å²) in [5.41, 5.74) is 6.70. The molecule has 3 atom stereocenters. The SMILES string of the molecule is CCOc1ccc(F)c([C@@H](Nc2ccc3c(N)nccc3c2)C(=O)N2CC[C@H](C(=O)OC)[C@@H]2c2cc(NC(=O)OC)ccc2S(=O)(=O)C(C)C)c1.O=C(O)C(F)(F)F. The zero-order valence-corrected chi connectivity index (χ0v) is 32.6. The number of rotatable bonds is 11. The number of alkyl halides is 3. The van der Waals surface area contributed by atoms with E-state index in [1.165, 1.54) is 69.4 Å². The molecule has 0 bridgehead atoms. The van der Waals surface area contributed by atoms with Gasteiger partial charge in [-0.3, -0.25) is 14.9 Å². The lowest BCUT2D eigenvalue weighted by Gasteiger charge is -2.33. The number of hydrogen-bond donors (Lipinski definition) is 4. The Kier molecular flexibility index (Phi) is 14.1. The van der Waals surface area contributed by atoms with Gasteiger partial charge in [0.05, 0.1) is 42.9 Å². The standard InChI is InChI=1S/C36H40FN5O8S.C2HF3O2/c1-6-50-24-9-11-29(37)27(19-24)31(40-22-7-10-25-21(17-22)13-15-39-33(25)38)34(43)42-16-14-26(35(44)48-4)32(42)28-18-23(41-36(45)49-5)8-12-30(28)51(46,47)20(2)3;3-2(4,5)1(6)7/h7-13,15,17-20,26,31-32,40H,6,14,16H2,1-5H3,(H2,38,39)(H,41,45);(H,6,7)/t26-,31+,32+;/m0./s1. The molecule has 0 radical (unpaired) electrons. The molecule has 1 aliphatic rings. The van der Waals surface area contributed by atoms with Crippen LogP contribution in [0.25, 0.3) is 10.8 Å². The smallest absolute Gasteiger partial charge is 0.490 e. The van der Waals surface area contributed by atoms with Crippen LogP contribution in [-0.2, 0) is 33.7 Å². The molecule has 0 unspecified atom stereocenters. The Balaban J connectivity index is 0.000000973. The van der Waals surface area contributed by atoms with Crippen LogP contribution >= 0.6 is 0 Å². The van der Waals surface area contributed by atoms with Crippen LogP contribution in [0.5, 0.6) is 5.75 Å². The number of hydrogen-bond acceptors (Lipinski definition) is 12. The molecule has 3 aromatic carbocycles. The number of likely N-dealkylation sites (tertiary alicyclic amines) is 1. The summed E-state index contributed by atoms with van der Waals surface area (Å²) in [6.45, 7) is 5.07. The van der Waals surface area contributed by atoms with Gasteiger partial charge in [0.1, 0.15) is 23.4 Å². The highest BCUT2D eigenvalue weighted by Gasteiger charge is 2.47. The number of pyridine rings is 1. The zero-order chi connectivity index (χ0) is 43.1. The number of sulfone groups is 1. The number of aliphatic carboxylic acids is 1. The van der Waals surface area contributed by atoms with Gasteiger partial charge in [-0.25, -0.2) is 27.4 Å². The van der Waals surface area contributed by atoms with E-state index < -0.39 is 69.0 Å². The van der Waals surface area contributed by atoms with Gasteiger partial charge in [0.15, 0.2) is 9.84 Å². The Labute approximate surface area is 330 Å². The molecule has 1 saturated heterocycles. The molecule has 58 heavy (non-hydrogen) atoms. The van der Waals surface area contributed by atoms with Crippen LogP contribution in [0.15, 0.2) is 71.8 Å². The van der Waals surface area contributed by atoms with E-state index in [4.69, 9.17) is 29.8 Å².